The summed E-state index contributed by atoms with van der Waals surface area (Å²) in [6, 6.07) is 67.7. The second kappa shape index (κ2) is 12.2. The molecular weight excluding hydrogens is 675 g/mol. The predicted octanol–water partition coefficient (Wildman–Crippen LogP) is 12.8. The molecule has 1 aliphatic carbocycles. The van der Waals surface area contributed by atoms with Crippen LogP contribution >= 0.6 is 11.3 Å². The van der Waals surface area contributed by atoms with Gasteiger partial charge in [0.2, 0.25) is 0 Å². The fourth-order valence-corrected chi connectivity index (χ4v) is 9.71. The number of benzene rings is 8. The molecule has 0 saturated heterocycles. The molecule has 3 nitrogen and oxygen atoms in total. The highest BCUT2D eigenvalue weighted by Gasteiger charge is 2.46. The van der Waals surface area contributed by atoms with E-state index in [9.17, 15) is 0 Å². The van der Waals surface area contributed by atoms with Crippen molar-refractivity contribution in [1.29, 1.82) is 0 Å². The molecule has 252 valence electrons. The minimum absolute atomic E-state index is 0.473. The third-order valence-corrected chi connectivity index (χ3v) is 12.1. The summed E-state index contributed by atoms with van der Waals surface area (Å²) in [6.07, 6.45) is 0. The summed E-state index contributed by atoms with van der Waals surface area (Å²) in [5.74, 6) is 1.99. The van der Waals surface area contributed by atoms with Crippen molar-refractivity contribution in [3.05, 3.63) is 210 Å². The molecule has 10 aromatic rings. The normalized spacial score (nSPS) is 14.7. The van der Waals surface area contributed by atoms with Crippen molar-refractivity contribution in [2.45, 2.75) is 5.41 Å². The molecule has 1 unspecified atom stereocenters. The lowest BCUT2D eigenvalue weighted by molar-refractivity contribution is 0.771. The first-order valence-corrected chi connectivity index (χ1v) is 19.1. The lowest BCUT2D eigenvalue weighted by Gasteiger charge is -2.34. The smallest absolute Gasteiger partial charge is 0.164 e. The summed E-state index contributed by atoms with van der Waals surface area (Å²) >= 11 is 1.83. The van der Waals surface area contributed by atoms with Crippen LogP contribution in [0, 0.1) is 0 Å². The Balaban J connectivity index is 1.11. The van der Waals surface area contributed by atoms with E-state index in [1.165, 1.54) is 64.3 Å². The van der Waals surface area contributed by atoms with Crippen LogP contribution in [0.1, 0.15) is 22.3 Å². The van der Waals surface area contributed by atoms with E-state index in [4.69, 9.17) is 15.0 Å². The van der Waals surface area contributed by atoms with Crippen LogP contribution in [0.2, 0.25) is 0 Å². The van der Waals surface area contributed by atoms with Crippen molar-refractivity contribution in [3.63, 3.8) is 0 Å². The van der Waals surface area contributed by atoms with Gasteiger partial charge in [-0.3, -0.25) is 0 Å². The van der Waals surface area contributed by atoms with Gasteiger partial charge in [0.15, 0.2) is 17.5 Å². The highest BCUT2D eigenvalue weighted by atomic mass is 32.1. The topological polar surface area (TPSA) is 38.7 Å². The molecule has 0 fully saturated rings. The molecule has 54 heavy (non-hydrogen) atoms. The van der Waals surface area contributed by atoms with Crippen molar-refractivity contribution < 1.29 is 0 Å². The van der Waals surface area contributed by atoms with E-state index in [1.807, 2.05) is 72.0 Å². The number of thiophene rings is 1. The number of aromatic nitrogens is 3. The van der Waals surface area contributed by atoms with Gasteiger partial charge in [0.05, 0.1) is 5.41 Å². The van der Waals surface area contributed by atoms with Gasteiger partial charge in [-0.25, -0.2) is 15.0 Å². The average Bonchev–Trinajstić information content (AvgIpc) is 3.76. The van der Waals surface area contributed by atoms with E-state index in [-0.39, 0.29) is 0 Å². The number of fused-ring (bicyclic) bond motifs is 7. The lowest BCUT2D eigenvalue weighted by atomic mass is 9.67. The Morgan fingerprint density at radius 1 is 0.352 bits per heavy atom. The molecule has 1 atom stereocenters. The second-order valence-electron chi connectivity index (χ2n) is 14.0. The number of hydrogen-bond acceptors (Lipinski definition) is 4. The molecule has 1 aliphatic rings. The molecule has 0 aliphatic heterocycles. The summed E-state index contributed by atoms with van der Waals surface area (Å²) in [5, 5.41) is 5.00. The van der Waals surface area contributed by atoms with Gasteiger partial charge in [-0.1, -0.05) is 164 Å². The first-order chi connectivity index (χ1) is 26.7. The quantitative estimate of drug-likeness (QED) is 0.179. The van der Waals surface area contributed by atoms with Gasteiger partial charge in [-0.05, 0) is 68.4 Å². The van der Waals surface area contributed by atoms with Crippen LogP contribution in [0.3, 0.4) is 0 Å². The Morgan fingerprint density at radius 2 is 0.889 bits per heavy atom. The molecule has 0 saturated carbocycles. The molecule has 4 heteroatoms. The van der Waals surface area contributed by atoms with Crippen molar-refractivity contribution in [3.8, 4) is 45.3 Å². The van der Waals surface area contributed by atoms with Crippen molar-refractivity contribution in [2.24, 2.45) is 0 Å². The Hall–Kier alpha value is -6.75. The third kappa shape index (κ3) is 4.70. The van der Waals surface area contributed by atoms with Crippen LogP contribution in [0.25, 0.3) is 76.2 Å². The Labute approximate surface area is 316 Å². The highest BCUT2D eigenvalue weighted by molar-refractivity contribution is 7.25. The largest absolute Gasteiger partial charge is 0.208 e. The monoisotopic (exact) mass is 705 g/mol. The van der Waals surface area contributed by atoms with Crippen LogP contribution in [0.4, 0.5) is 0 Å². The fourth-order valence-electron chi connectivity index (χ4n) is 8.53. The van der Waals surface area contributed by atoms with Gasteiger partial charge >= 0.3 is 0 Å². The molecule has 0 spiro atoms. The molecule has 2 aromatic heterocycles. The summed E-state index contributed by atoms with van der Waals surface area (Å²) < 4.78 is 2.46. The first-order valence-electron chi connectivity index (χ1n) is 18.3. The number of nitrogens with zero attached hydrogens (tertiary/aromatic N) is 3. The van der Waals surface area contributed by atoms with Gasteiger partial charge in [-0.15, -0.1) is 11.3 Å². The Kier molecular flexibility index (Phi) is 6.94. The lowest BCUT2D eigenvalue weighted by Crippen LogP contribution is -2.28. The molecule has 0 amide bonds. The van der Waals surface area contributed by atoms with Gasteiger partial charge in [0.25, 0.3) is 0 Å². The van der Waals surface area contributed by atoms with Crippen LogP contribution in [-0.2, 0) is 5.41 Å². The highest BCUT2D eigenvalue weighted by Crippen LogP contribution is 2.57. The zero-order chi connectivity index (χ0) is 35.6. The van der Waals surface area contributed by atoms with Crippen molar-refractivity contribution in [2.75, 3.05) is 0 Å². The van der Waals surface area contributed by atoms with Crippen molar-refractivity contribution in [1.82, 2.24) is 15.0 Å². The molecule has 0 bridgehead atoms. The molecule has 11 rings (SSSR count). The summed E-state index contributed by atoms with van der Waals surface area (Å²) in [5.41, 5.74) is 10.2. The van der Waals surface area contributed by atoms with Crippen LogP contribution in [0.15, 0.2) is 188 Å². The van der Waals surface area contributed by atoms with Gasteiger partial charge < -0.3 is 0 Å². The maximum atomic E-state index is 5.02. The van der Waals surface area contributed by atoms with E-state index in [2.05, 4.69) is 127 Å². The second-order valence-corrected chi connectivity index (χ2v) is 15.1. The summed E-state index contributed by atoms with van der Waals surface area (Å²) in [4.78, 5) is 14.9. The summed E-state index contributed by atoms with van der Waals surface area (Å²) in [7, 11) is 0. The number of rotatable bonds is 5. The molecular formula is C50H31N3S. The van der Waals surface area contributed by atoms with Gasteiger partial charge in [0.1, 0.15) is 0 Å². The van der Waals surface area contributed by atoms with Gasteiger partial charge in [-0.2, -0.15) is 0 Å². The predicted molar refractivity (Wildman–Crippen MR) is 224 cm³/mol. The first kappa shape index (κ1) is 30.8. The number of hydrogen-bond donors (Lipinski definition) is 0. The zero-order valence-corrected chi connectivity index (χ0v) is 30.0. The standard InChI is InChI=1S/C50H31N3S/c1-4-14-32(15-5-1)47-51-48(33-16-6-2-7-17-33)53-49(52-47)36-24-26-40-41-27-25-38(31-46(41)54-45(40)30-36)50(37-20-8-3-9-21-37)43-23-13-12-22-39(43)42-28-34-18-10-11-19-35(34)29-44(42)50/h1-31H. The van der Waals surface area contributed by atoms with E-state index >= 15 is 0 Å². The van der Waals surface area contributed by atoms with Crippen LogP contribution < -0.4 is 0 Å². The minimum atomic E-state index is -0.473. The Morgan fingerprint density at radius 3 is 1.57 bits per heavy atom. The average molecular weight is 706 g/mol. The molecule has 2 heterocycles. The van der Waals surface area contributed by atoms with E-state index in [0.29, 0.717) is 17.5 Å². The van der Waals surface area contributed by atoms with E-state index < -0.39 is 5.41 Å². The van der Waals surface area contributed by atoms with E-state index in [1.54, 1.807) is 0 Å². The molecule has 0 radical (unpaired) electrons. The summed E-state index contributed by atoms with van der Waals surface area (Å²) in [6.45, 7) is 0. The zero-order valence-electron chi connectivity index (χ0n) is 29.1. The van der Waals surface area contributed by atoms with Crippen LogP contribution in [0.5, 0.6) is 0 Å². The van der Waals surface area contributed by atoms with E-state index in [0.717, 1.165) is 16.7 Å². The Bertz CT molecular complexity index is 2990. The van der Waals surface area contributed by atoms with Gasteiger partial charge in [0, 0.05) is 36.9 Å². The SMILES string of the molecule is c1ccc(-c2nc(-c3ccccc3)nc(-c3ccc4c(c3)sc3cc(C5(c6ccccc6)c6ccccc6-c6cc7ccccc7cc65)ccc34)n2)cc1. The van der Waals surface area contributed by atoms with Crippen LogP contribution in [-0.4, -0.2) is 15.0 Å². The fraction of sp³-hybridized carbons (Fsp3) is 0.0200. The molecule has 0 N–H and O–H groups in total. The maximum absolute atomic E-state index is 5.02. The minimum Gasteiger partial charge on any atom is -0.208 e. The maximum Gasteiger partial charge on any atom is 0.164 e. The molecule has 8 aromatic carbocycles. The third-order valence-electron chi connectivity index (χ3n) is 11.0. The van der Waals surface area contributed by atoms with Crippen molar-refractivity contribution >= 4 is 42.3 Å².